The zero-order chi connectivity index (χ0) is 22.2. The number of allylic oxidation sites excluding steroid dienone is 2. The van der Waals surface area contributed by atoms with E-state index >= 15 is 0 Å². The van der Waals surface area contributed by atoms with Gasteiger partial charge in [-0.3, -0.25) is 0 Å². The van der Waals surface area contributed by atoms with E-state index in [1.165, 1.54) is 0 Å². The van der Waals surface area contributed by atoms with Crippen molar-refractivity contribution in [3.63, 3.8) is 0 Å². The minimum Gasteiger partial charge on any atom is -0.493 e. The zero-order valence-corrected chi connectivity index (χ0v) is 20.5. The topological polar surface area (TPSA) is 30.5 Å². The largest absolute Gasteiger partial charge is 0.493 e. The Labute approximate surface area is 206 Å². The van der Waals surface area contributed by atoms with Crippen LogP contribution in [0.15, 0.2) is 71.2 Å². The highest BCUT2D eigenvalue weighted by atomic mass is 79.9. The summed E-state index contributed by atoms with van der Waals surface area (Å²) in [5.74, 6) is 2.00. The minimum absolute atomic E-state index is 0.0883. The van der Waals surface area contributed by atoms with E-state index < -0.39 is 0 Å². The number of hydrogen-bond donors (Lipinski definition) is 1. The van der Waals surface area contributed by atoms with Crippen molar-refractivity contribution in [2.75, 3.05) is 12.4 Å². The summed E-state index contributed by atoms with van der Waals surface area (Å²) in [5.41, 5.74) is 4.34. The Morgan fingerprint density at radius 1 is 1.09 bits per heavy atom. The van der Waals surface area contributed by atoms with Gasteiger partial charge in [0.25, 0.3) is 0 Å². The molecule has 0 aromatic heterocycles. The average molecular weight is 531 g/mol. The van der Waals surface area contributed by atoms with E-state index in [0.717, 1.165) is 33.3 Å². The fourth-order valence-corrected chi connectivity index (χ4v) is 5.96. The standard InChI is InChI=1S/C26H22BrCl2NO2/c1-31-23-11-16(10-20(27)26(23)32-14-15-6-3-2-4-7-15)25-19-9-5-8-18(19)24-21(29)12-17(28)13-22(24)30-25/h2-8,10-13,18-19,25,30H,9,14H2,1H3/t18-,19+,25+/m1/s1. The molecule has 0 saturated heterocycles. The van der Waals surface area contributed by atoms with E-state index in [0.29, 0.717) is 34.1 Å². The van der Waals surface area contributed by atoms with Gasteiger partial charge in [0.2, 0.25) is 0 Å². The van der Waals surface area contributed by atoms with Crippen molar-refractivity contribution in [2.24, 2.45) is 5.92 Å². The highest BCUT2D eigenvalue weighted by Gasteiger charge is 2.39. The first-order valence-electron chi connectivity index (χ1n) is 10.5. The maximum atomic E-state index is 6.58. The normalized spacial score (nSPS) is 20.9. The molecule has 0 saturated carbocycles. The van der Waals surface area contributed by atoms with Crippen LogP contribution in [-0.2, 0) is 6.61 Å². The van der Waals surface area contributed by atoms with E-state index in [-0.39, 0.29) is 12.0 Å². The Kier molecular flexibility index (Phi) is 6.11. The van der Waals surface area contributed by atoms with Crippen LogP contribution in [-0.4, -0.2) is 7.11 Å². The Morgan fingerprint density at radius 2 is 1.91 bits per heavy atom. The van der Waals surface area contributed by atoms with Gasteiger partial charge in [0.15, 0.2) is 11.5 Å². The molecule has 0 amide bonds. The van der Waals surface area contributed by atoms with Gasteiger partial charge in [0.1, 0.15) is 6.61 Å². The number of rotatable bonds is 5. The van der Waals surface area contributed by atoms with Crippen LogP contribution in [0.2, 0.25) is 10.0 Å². The van der Waals surface area contributed by atoms with Gasteiger partial charge >= 0.3 is 0 Å². The second kappa shape index (κ2) is 9.01. The number of fused-ring (bicyclic) bond motifs is 3. The number of benzene rings is 3. The van der Waals surface area contributed by atoms with Gasteiger partial charge < -0.3 is 14.8 Å². The Bertz CT molecular complexity index is 1180. The maximum Gasteiger partial charge on any atom is 0.175 e. The third-order valence-corrected chi connectivity index (χ3v) is 7.34. The van der Waals surface area contributed by atoms with Crippen LogP contribution in [0.3, 0.4) is 0 Å². The average Bonchev–Trinajstić information content (AvgIpc) is 3.27. The summed E-state index contributed by atoms with van der Waals surface area (Å²) in [5, 5.41) is 5.04. The van der Waals surface area contributed by atoms with Gasteiger partial charge in [-0.2, -0.15) is 0 Å². The summed E-state index contributed by atoms with van der Waals surface area (Å²) in [6.07, 6.45) is 5.49. The molecule has 0 unspecified atom stereocenters. The Morgan fingerprint density at radius 3 is 2.69 bits per heavy atom. The SMILES string of the molecule is COc1cc([C@@H]2Nc3cc(Cl)cc(Cl)c3[C@@H]3C=CC[C@@H]32)cc(Br)c1OCc1ccccc1. The highest BCUT2D eigenvalue weighted by molar-refractivity contribution is 9.10. The first-order chi connectivity index (χ1) is 15.5. The van der Waals surface area contributed by atoms with Crippen molar-refractivity contribution < 1.29 is 9.47 Å². The molecule has 1 aliphatic carbocycles. The molecule has 0 bridgehead atoms. The summed E-state index contributed by atoms with van der Waals surface area (Å²) in [4.78, 5) is 0. The van der Waals surface area contributed by atoms with Gasteiger partial charge in [0.05, 0.1) is 17.6 Å². The molecule has 5 rings (SSSR count). The third kappa shape index (κ3) is 4.00. The molecule has 0 radical (unpaired) electrons. The summed E-state index contributed by atoms with van der Waals surface area (Å²) in [6, 6.07) is 18.1. The van der Waals surface area contributed by atoms with Crippen LogP contribution in [0, 0.1) is 5.92 Å². The molecule has 1 aliphatic heterocycles. The van der Waals surface area contributed by atoms with Crippen molar-refractivity contribution in [2.45, 2.75) is 25.0 Å². The molecule has 164 valence electrons. The smallest absolute Gasteiger partial charge is 0.175 e. The molecule has 32 heavy (non-hydrogen) atoms. The quantitative estimate of drug-likeness (QED) is 0.337. The maximum absolute atomic E-state index is 6.58. The molecule has 6 heteroatoms. The van der Waals surface area contributed by atoms with Crippen LogP contribution < -0.4 is 14.8 Å². The molecule has 0 fully saturated rings. The van der Waals surface area contributed by atoms with Crippen molar-refractivity contribution in [1.82, 2.24) is 0 Å². The molecule has 0 spiro atoms. The van der Waals surface area contributed by atoms with Gasteiger partial charge in [-0.05, 0) is 63.7 Å². The molecule has 3 aromatic carbocycles. The number of nitrogens with one attached hydrogen (secondary N) is 1. The van der Waals surface area contributed by atoms with Crippen LogP contribution in [0.4, 0.5) is 5.69 Å². The molecule has 2 aliphatic rings. The van der Waals surface area contributed by atoms with Crippen molar-refractivity contribution in [1.29, 1.82) is 0 Å². The molecule has 3 nitrogen and oxygen atoms in total. The molecule has 3 atom stereocenters. The summed E-state index contributed by atoms with van der Waals surface area (Å²) in [6.45, 7) is 0.468. The lowest BCUT2D eigenvalue weighted by atomic mass is 9.77. The summed E-state index contributed by atoms with van der Waals surface area (Å²) in [7, 11) is 1.67. The molecular weight excluding hydrogens is 509 g/mol. The number of methoxy groups -OCH3 is 1. The fourth-order valence-electron chi connectivity index (χ4n) is 4.76. The highest BCUT2D eigenvalue weighted by Crippen LogP contribution is 2.53. The predicted molar refractivity (Wildman–Crippen MR) is 134 cm³/mol. The lowest BCUT2D eigenvalue weighted by Gasteiger charge is -2.38. The van der Waals surface area contributed by atoms with E-state index in [9.17, 15) is 0 Å². The Hall–Kier alpha value is -2.14. The van der Waals surface area contributed by atoms with Gasteiger partial charge in [-0.15, -0.1) is 0 Å². The summed E-state index contributed by atoms with van der Waals surface area (Å²) < 4.78 is 12.7. The van der Waals surface area contributed by atoms with Gasteiger partial charge in [-0.1, -0.05) is 65.7 Å². The third-order valence-electron chi connectivity index (χ3n) is 6.22. The summed E-state index contributed by atoms with van der Waals surface area (Å²) >= 11 is 16.6. The first kappa shape index (κ1) is 21.7. The predicted octanol–water partition coefficient (Wildman–Crippen LogP) is 8.17. The number of hydrogen-bond acceptors (Lipinski definition) is 3. The van der Waals surface area contributed by atoms with Crippen molar-refractivity contribution in [3.05, 3.63) is 98.0 Å². The van der Waals surface area contributed by atoms with Crippen LogP contribution >= 0.6 is 39.1 Å². The number of halogens is 3. The molecule has 3 aromatic rings. The lowest BCUT2D eigenvalue weighted by molar-refractivity contribution is 0.282. The minimum atomic E-state index is 0.0883. The zero-order valence-electron chi connectivity index (χ0n) is 17.4. The van der Waals surface area contributed by atoms with E-state index in [4.69, 9.17) is 32.7 Å². The molecule has 1 heterocycles. The monoisotopic (exact) mass is 529 g/mol. The second-order valence-corrected chi connectivity index (χ2v) is 9.83. The van der Waals surface area contributed by atoms with Gasteiger partial charge in [-0.25, -0.2) is 0 Å². The van der Waals surface area contributed by atoms with Gasteiger partial charge in [0, 0.05) is 27.2 Å². The lowest BCUT2D eigenvalue weighted by Crippen LogP contribution is -2.29. The van der Waals surface area contributed by atoms with E-state index in [1.54, 1.807) is 7.11 Å². The van der Waals surface area contributed by atoms with Crippen LogP contribution in [0.1, 0.15) is 35.1 Å². The second-order valence-electron chi connectivity index (χ2n) is 8.13. The van der Waals surface area contributed by atoms with E-state index in [1.807, 2.05) is 42.5 Å². The fraction of sp³-hybridized carbons (Fsp3) is 0.231. The van der Waals surface area contributed by atoms with Crippen LogP contribution in [0.25, 0.3) is 0 Å². The molecule has 1 N–H and O–H groups in total. The number of anilines is 1. The number of ether oxygens (including phenoxy) is 2. The van der Waals surface area contributed by atoms with Crippen molar-refractivity contribution >= 4 is 44.8 Å². The Balaban J connectivity index is 1.49. The van der Waals surface area contributed by atoms with Crippen LogP contribution in [0.5, 0.6) is 11.5 Å². The molecular formula is C26H22BrCl2NO2. The van der Waals surface area contributed by atoms with Crippen molar-refractivity contribution in [3.8, 4) is 11.5 Å². The van der Waals surface area contributed by atoms with E-state index in [2.05, 4.69) is 45.5 Å². The first-order valence-corrected chi connectivity index (χ1v) is 12.1.